The number of thiol groups is 1. The minimum absolute atomic E-state index is 0.0175. The third-order valence-electron chi connectivity index (χ3n) is 4.96. The Bertz CT molecular complexity index is 835. The molecule has 2 amide bonds. The molecule has 0 atom stereocenters. The quantitative estimate of drug-likeness (QED) is 0.823. The maximum absolute atomic E-state index is 12.8. The van der Waals surface area contributed by atoms with Crippen molar-refractivity contribution >= 4 is 24.4 Å². The summed E-state index contributed by atoms with van der Waals surface area (Å²) in [6, 6.07) is 13.2. The Balaban J connectivity index is 1.70. The first kappa shape index (κ1) is 18.5. The van der Waals surface area contributed by atoms with Crippen molar-refractivity contribution in [3.05, 3.63) is 64.7 Å². The highest BCUT2D eigenvalue weighted by Crippen LogP contribution is 2.18. The number of carbonyl (C=O) groups excluding carboxylic acids is 2. The van der Waals surface area contributed by atoms with Gasteiger partial charge >= 0.3 is 0 Å². The summed E-state index contributed by atoms with van der Waals surface area (Å²) in [7, 11) is 0. The van der Waals surface area contributed by atoms with Gasteiger partial charge in [-0.25, -0.2) is 0 Å². The van der Waals surface area contributed by atoms with Gasteiger partial charge in [-0.05, 0) is 55.7 Å². The maximum atomic E-state index is 12.8. The molecule has 136 valence electrons. The third kappa shape index (κ3) is 3.93. The molecule has 0 unspecified atom stereocenters. The van der Waals surface area contributed by atoms with Crippen LogP contribution in [0.3, 0.4) is 0 Å². The van der Waals surface area contributed by atoms with Gasteiger partial charge in [0.15, 0.2) is 0 Å². The molecule has 2 aromatic rings. The van der Waals surface area contributed by atoms with Crippen molar-refractivity contribution in [2.45, 2.75) is 25.2 Å². The summed E-state index contributed by atoms with van der Waals surface area (Å²) in [4.78, 5) is 30.0. The van der Waals surface area contributed by atoms with Crippen LogP contribution in [0.5, 0.6) is 0 Å². The van der Waals surface area contributed by atoms with E-state index in [9.17, 15) is 9.59 Å². The summed E-state index contributed by atoms with van der Waals surface area (Å²) in [5.74, 6) is 0.0214. The number of hydrogen-bond acceptors (Lipinski definition) is 3. The fraction of sp³-hybridized carbons (Fsp3) is 0.333. The number of benzene rings is 2. The van der Waals surface area contributed by atoms with E-state index >= 15 is 0 Å². The van der Waals surface area contributed by atoms with Crippen LogP contribution in [-0.4, -0.2) is 47.8 Å². The summed E-state index contributed by atoms with van der Waals surface area (Å²) in [6.07, 6.45) is 0.775. The molecule has 0 saturated carbocycles. The molecule has 3 rings (SSSR count). The molecular formula is C21H24N2O2S. The van der Waals surface area contributed by atoms with E-state index in [0.29, 0.717) is 42.2 Å². The number of nitrogens with zero attached hydrogens (tertiary/aromatic N) is 2. The Labute approximate surface area is 160 Å². The van der Waals surface area contributed by atoms with E-state index in [1.165, 1.54) is 5.56 Å². The zero-order valence-electron chi connectivity index (χ0n) is 15.2. The van der Waals surface area contributed by atoms with Crippen LogP contribution in [0.4, 0.5) is 0 Å². The Morgan fingerprint density at radius 2 is 1.50 bits per heavy atom. The third-order valence-corrected chi connectivity index (χ3v) is 5.35. The fourth-order valence-electron chi connectivity index (χ4n) is 3.21. The van der Waals surface area contributed by atoms with Crippen LogP contribution < -0.4 is 0 Å². The van der Waals surface area contributed by atoms with E-state index in [0.717, 1.165) is 12.0 Å². The van der Waals surface area contributed by atoms with Crippen LogP contribution in [-0.2, 0) is 0 Å². The fourth-order valence-corrected chi connectivity index (χ4v) is 3.46. The predicted molar refractivity (Wildman–Crippen MR) is 106 cm³/mol. The van der Waals surface area contributed by atoms with Crippen molar-refractivity contribution in [2.75, 3.05) is 26.2 Å². The lowest BCUT2D eigenvalue weighted by Crippen LogP contribution is -2.37. The van der Waals surface area contributed by atoms with E-state index in [1.807, 2.05) is 60.0 Å². The first-order chi connectivity index (χ1) is 12.5. The topological polar surface area (TPSA) is 40.6 Å². The molecule has 26 heavy (non-hydrogen) atoms. The monoisotopic (exact) mass is 368 g/mol. The van der Waals surface area contributed by atoms with Crippen LogP contribution in [0.25, 0.3) is 0 Å². The molecule has 0 bridgehead atoms. The van der Waals surface area contributed by atoms with Gasteiger partial charge in [0.05, 0.1) is 5.56 Å². The first-order valence-corrected chi connectivity index (χ1v) is 9.36. The van der Waals surface area contributed by atoms with Gasteiger partial charge in [-0.15, -0.1) is 12.6 Å². The molecule has 0 aromatic heterocycles. The van der Waals surface area contributed by atoms with Crippen molar-refractivity contribution in [2.24, 2.45) is 0 Å². The Kier molecular flexibility index (Phi) is 5.67. The first-order valence-electron chi connectivity index (χ1n) is 8.91. The normalized spacial score (nSPS) is 14.9. The van der Waals surface area contributed by atoms with Gasteiger partial charge in [0.1, 0.15) is 0 Å². The van der Waals surface area contributed by atoms with Crippen molar-refractivity contribution < 1.29 is 9.59 Å². The van der Waals surface area contributed by atoms with Gasteiger partial charge in [-0.1, -0.05) is 18.2 Å². The second-order valence-corrected chi connectivity index (χ2v) is 7.24. The van der Waals surface area contributed by atoms with Gasteiger partial charge in [0.25, 0.3) is 11.8 Å². The molecule has 5 heteroatoms. The molecule has 2 aromatic carbocycles. The highest BCUT2D eigenvalue weighted by atomic mass is 32.1. The van der Waals surface area contributed by atoms with Gasteiger partial charge in [-0.2, -0.15) is 0 Å². The largest absolute Gasteiger partial charge is 0.337 e. The molecule has 0 radical (unpaired) electrons. The average molecular weight is 369 g/mol. The molecule has 1 aliphatic rings. The van der Waals surface area contributed by atoms with Crippen molar-refractivity contribution in [3.8, 4) is 0 Å². The van der Waals surface area contributed by atoms with E-state index < -0.39 is 0 Å². The van der Waals surface area contributed by atoms with Crippen LogP contribution in [0.2, 0.25) is 0 Å². The smallest absolute Gasteiger partial charge is 0.255 e. The van der Waals surface area contributed by atoms with E-state index in [1.54, 1.807) is 6.07 Å². The lowest BCUT2D eigenvalue weighted by molar-refractivity contribution is 0.0717. The molecular weight excluding hydrogens is 344 g/mol. The van der Waals surface area contributed by atoms with Gasteiger partial charge in [0, 0.05) is 36.6 Å². The molecule has 1 saturated heterocycles. The van der Waals surface area contributed by atoms with Crippen molar-refractivity contribution in [1.82, 2.24) is 9.80 Å². The minimum atomic E-state index is -0.0175. The van der Waals surface area contributed by atoms with E-state index in [4.69, 9.17) is 0 Å². The number of aryl methyl sites for hydroxylation is 2. The standard InChI is InChI=1S/C21H24N2O2S/c1-15-8-9-17(14-16(15)2)20(24)22-10-5-11-23(13-12-22)21(25)18-6-3-4-7-19(18)26/h3-4,6-9,14,26H,5,10-13H2,1-2H3. The molecule has 1 fully saturated rings. The van der Waals surface area contributed by atoms with Crippen LogP contribution in [0.15, 0.2) is 47.4 Å². The molecule has 0 N–H and O–H groups in total. The zero-order valence-corrected chi connectivity index (χ0v) is 16.1. The van der Waals surface area contributed by atoms with Crippen molar-refractivity contribution in [3.63, 3.8) is 0 Å². The second kappa shape index (κ2) is 7.96. The second-order valence-electron chi connectivity index (χ2n) is 6.75. The zero-order chi connectivity index (χ0) is 18.7. The predicted octanol–water partition coefficient (Wildman–Crippen LogP) is 3.58. The Morgan fingerprint density at radius 1 is 0.846 bits per heavy atom. The average Bonchev–Trinajstić information content (AvgIpc) is 2.89. The summed E-state index contributed by atoms with van der Waals surface area (Å²) in [6.45, 7) is 6.46. The lowest BCUT2D eigenvalue weighted by Gasteiger charge is -2.23. The Hall–Kier alpha value is -2.27. The van der Waals surface area contributed by atoms with Gasteiger partial charge < -0.3 is 9.80 Å². The summed E-state index contributed by atoms with van der Waals surface area (Å²) >= 11 is 4.39. The summed E-state index contributed by atoms with van der Waals surface area (Å²) < 4.78 is 0. The van der Waals surface area contributed by atoms with Gasteiger partial charge in [0.2, 0.25) is 0 Å². The number of carbonyl (C=O) groups is 2. The highest BCUT2D eigenvalue weighted by Gasteiger charge is 2.24. The van der Waals surface area contributed by atoms with E-state index in [-0.39, 0.29) is 11.8 Å². The maximum Gasteiger partial charge on any atom is 0.255 e. The summed E-state index contributed by atoms with van der Waals surface area (Å²) in [5, 5.41) is 0. The molecule has 1 aliphatic heterocycles. The molecule has 0 spiro atoms. The molecule has 0 aliphatic carbocycles. The van der Waals surface area contributed by atoms with Crippen LogP contribution in [0.1, 0.15) is 38.3 Å². The number of rotatable bonds is 2. The van der Waals surface area contributed by atoms with Crippen LogP contribution >= 0.6 is 12.6 Å². The van der Waals surface area contributed by atoms with Crippen molar-refractivity contribution in [1.29, 1.82) is 0 Å². The summed E-state index contributed by atoms with van der Waals surface area (Å²) in [5.41, 5.74) is 3.63. The van der Waals surface area contributed by atoms with Gasteiger partial charge in [-0.3, -0.25) is 9.59 Å². The molecule has 4 nitrogen and oxygen atoms in total. The lowest BCUT2D eigenvalue weighted by atomic mass is 10.1. The SMILES string of the molecule is Cc1ccc(C(=O)N2CCCN(C(=O)c3ccccc3S)CC2)cc1C. The number of hydrogen-bond donors (Lipinski definition) is 1. The number of amides is 2. The highest BCUT2D eigenvalue weighted by molar-refractivity contribution is 7.80. The Morgan fingerprint density at radius 3 is 2.15 bits per heavy atom. The van der Waals surface area contributed by atoms with Crippen LogP contribution in [0, 0.1) is 13.8 Å². The van der Waals surface area contributed by atoms with E-state index in [2.05, 4.69) is 12.6 Å². The molecule has 1 heterocycles. The minimum Gasteiger partial charge on any atom is -0.337 e.